The number of amides is 2. The summed E-state index contributed by atoms with van der Waals surface area (Å²) >= 11 is 0. The zero-order valence-electron chi connectivity index (χ0n) is 61.1. The molecular formula is C86H125N3O8. The van der Waals surface area contributed by atoms with Crippen LogP contribution in [0.25, 0.3) is 0 Å². The minimum absolute atomic E-state index is 0.120. The highest BCUT2D eigenvalue weighted by Crippen LogP contribution is 2.26. The van der Waals surface area contributed by atoms with Gasteiger partial charge in [-0.25, -0.2) is 4.79 Å². The molecule has 1 N–H and O–H groups in total. The van der Waals surface area contributed by atoms with E-state index in [1.54, 1.807) is 31.2 Å². The van der Waals surface area contributed by atoms with E-state index in [2.05, 4.69) is 245 Å². The highest BCUT2D eigenvalue weighted by atomic mass is 16.5. The second-order valence-corrected chi connectivity index (χ2v) is 22.1. The number of carbonyl (C=O) groups is 5. The first-order valence-corrected chi connectivity index (χ1v) is 36.2. The molecule has 0 radical (unpaired) electrons. The smallest absolute Gasteiger partial charge is 0.329 e. The lowest BCUT2D eigenvalue weighted by atomic mass is 10.1. The zero-order valence-corrected chi connectivity index (χ0v) is 61.1. The van der Waals surface area contributed by atoms with Crippen molar-refractivity contribution in [3.63, 3.8) is 0 Å². The number of imide groups is 1. The van der Waals surface area contributed by atoms with Gasteiger partial charge in [-0.05, 0) is 187 Å². The Morgan fingerprint density at radius 3 is 0.887 bits per heavy atom. The SMILES string of the molecule is CC/C=C\C/C=C\C/C=C\C/C=C\C/C=C\C/C=C\CC(C(=O)OCC)N(CC)CC.CC/C=C\C/C=C\C/C=C\C/C=C\C/C=C\C/C=C\CC(C(=O)OCC)N1C(=O)c2ccccc2C1=O.CC/C=C\C/C=C\C/C=C\C/C=C\C/C=C\C/C=C\CC(NCC)C(=O)OCC. The van der Waals surface area contributed by atoms with Crippen molar-refractivity contribution in [2.45, 2.75) is 215 Å². The van der Waals surface area contributed by atoms with E-state index in [0.29, 0.717) is 43.6 Å². The van der Waals surface area contributed by atoms with Gasteiger partial charge < -0.3 is 19.5 Å². The van der Waals surface area contributed by atoms with Gasteiger partial charge in [-0.15, -0.1) is 0 Å². The van der Waals surface area contributed by atoms with Gasteiger partial charge in [0.2, 0.25) is 0 Å². The topological polar surface area (TPSA) is 132 Å². The number of allylic oxidation sites excluding steroid dienone is 33. The van der Waals surface area contributed by atoms with Crippen LogP contribution in [0.5, 0.6) is 0 Å². The molecule has 0 bridgehead atoms. The van der Waals surface area contributed by atoms with Gasteiger partial charge in [-0.2, -0.15) is 0 Å². The van der Waals surface area contributed by atoms with Crippen LogP contribution in [0.1, 0.15) is 218 Å². The molecule has 0 aliphatic carbocycles. The van der Waals surface area contributed by atoms with Crippen molar-refractivity contribution in [2.75, 3.05) is 39.5 Å². The van der Waals surface area contributed by atoms with Gasteiger partial charge in [0.05, 0.1) is 30.9 Å². The number of rotatable bonds is 51. The van der Waals surface area contributed by atoms with Crippen molar-refractivity contribution < 1.29 is 38.2 Å². The lowest BCUT2D eigenvalue weighted by molar-refractivity contribution is -0.149. The van der Waals surface area contributed by atoms with E-state index in [9.17, 15) is 24.0 Å². The van der Waals surface area contributed by atoms with Gasteiger partial charge in [0.25, 0.3) is 11.8 Å². The largest absolute Gasteiger partial charge is 0.465 e. The Morgan fingerprint density at radius 2 is 0.608 bits per heavy atom. The van der Waals surface area contributed by atoms with Gasteiger partial charge in [-0.3, -0.25) is 29.0 Å². The van der Waals surface area contributed by atoms with Gasteiger partial charge in [0, 0.05) is 0 Å². The van der Waals surface area contributed by atoms with Gasteiger partial charge in [-0.1, -0.05) is 272 Å². The van der Waals surface area contributed by atoms with E-state index < -0.39 is 23.8 Å². The molecule has 1 aromatic carbocycles. The van der Waals surface area contributed by atoms with Crippen LogP contribution < -0.4 is 5.32 Å². The second-order valence-electron chi connectivity index (χ2n) is 22.1. The Morgan fingerprint density at radius 1 is 0.351 bits per heavy atom. The minimum atomic E-state index is -0.975. The third-order valence-corrected chi connectivity index (χ3v) is 14.4. The molecule has 1 aliphatic heterocycles. The first-order chi connectivity index (χ1) is 47.6. The molecule has 1 aliphatic rings. The number of hydrogen-bond donors (Lipinski definition) is 1. The van der Waals surface area contributed by atoms with Crippen LogP contribution in [-0.4, -0.2) is 97.1 Å². The Bertz CT molecular complexity index is 2750. The summed E-state index contributed by atoms with van der Waals surface area (Å²) in [7, 11) is 0. The lowest BCUT2D eigenvalue weighted by Gasteiger charge is -2.26. The third-order valence-electron chi connectivity index (χ3n) is 14.4. The summed E-state index contributed by atoms with van der Waals surface area (Å²) in [6.07, 6.45) is 96.7. The Labute approximate surface area is 588 Å². The monoisotopic (exact) mass is 1330 g/mol. The van der Waals surface area contributed by atoms with Crippen LogP contribution in [-0.2, 0) is 28.6 Å². The fourth-order valence-corrected chi connectivity index (χ4v) is 9.33. The van der Waals surface area contributed by atoms with E-state index in [4.69, 9.17) is 14.2 Å². The van der Waals surface area contributed by atoms with Crippen LogP contribution in [0.15, 0.2) is 243 Å². The molecular weight excluding hydrogens is 1200 g/mol. The second kappa shape index (κ2) is 68.0. The summed E-state index contributed by atoms with van der Waals surface area (Å²) in [6, 6.07) is 5.22. The average molecular weight is 1330 g/mol. The average Bonchev–Trinajstić information content (AvgIpc) is 1.63. The van der Waals surface area contributed by atoms with Crippen LogP contribution in [0.4, 0.5) is 0 Å². The number of carbonyl (C=O) groups excluding carboxylic acids is 5. The first kappa shape index (κ1) is 89.0. The molecule has 1 aromatic rings. The molecule has 11 nitrogen and oxygen atoms in total. The molecule has 0 saturated carbocycles. The molecule has 97 heavy (non-hydrogen) atoms. The minimum Gasteiger partial charge on any atom is -0.465 e. The van der Waals surface area contributed by atoms with E-state index in [0.717, 1.165) is 134 Å². The van der Waals surface area contributed by atoms with E-state index in [1.807, 2.05) is 39.0 Å². The maximum atomic E-state index is 12.8. The molecule has 0 aromatic heterocycles. The van der Waals surface area contributed by atoms with Gasteiger partial charge in [0.1, 0.15) is 18.1 Å². The normalized spacial score (nSPS) is 14.4. The summed E-state index contributed by atoms with van der Waals surface area (Å²) in [6.45, 7) is 21.5. The van der Waals surface area contributed by atoms with Crippen molar-refractivity contribution in [3.05, 3.63) is 254 Å². The number of benzene rings is 1. The predicted octanol–water partition coefficient (Wildman–Crippen LogP) is 21.3. The van der Waals surface area contributed by atoms with E-state index >= 15 is 0 Å². The fraction of sp³-hybridized carbons (Fsp3) is 0.453. The molecule has 11 heteroatoms. The maximum Gasteiger partial charge on any atom is 0.329 e. The molecule has 2 amide bonds. The quantitative estimate of drug-likeness (QED) is 0.0291. The van der Waals surface area contributed by atoms with E-state index in [1.165, 1.54) is 0 Å². The molecule has 2 rings (SSSR count). The summed E-state index contributed by atoms with van der Waals surface area (Å²) in [4.78, 5) is 65.3. The predicted molar refractivity (Wildman–Crippen MR) is 413 cm³/mol. The van der Waals surface area contributed by atoms with Crippen molar-refractivity contribution in [3.8, 4) is 0 Å². The van der Waals surface area contributed by atoms with E-state index in [-0.39, 0.29) is 37.0 Å². The van der Waals surface area contributed by atoms with Crippen molar-refractivity contribution >= 4 is 29.7 Å². The summed E-state index contributed by atoms with van der Waals surface area (Å²) in [5.41, 5.74) is 0.647. The number of nitrogens with one attached hydrogen (secondary N) is 1. The number of esters is 3. The Balaban J connectivity index is 0.00000144. The summed E-state index contributed by atoms with van der Waals surface area (Å²) in [5.74, 6) is -1.77. The molecule has 0 spiro atoms. The van der Waals surface area contributed by atoms with Gasteiger partial charge in [0.15, 0.2) is 0 Å². The highest BCUT2D eigenvalue weighted by molar-refractivity contribution is 6.22. The molecule has 3 unspecified atom stereocenters. The maximum absolute atomic E-state index is 12.8. The summed E-state index contributed by atoms with van der Waals surface area (Å²) in [5, 5.41) is 3.16. The first-order valence-electron chi connectivity index (χ1n) is 36.2. The van der Waals surface area contributed by atoms with Crippen molar-refractivity contribution in [2.24, 2.45) is 0 Å². The Hall–Kier alpha value is -7.99. The third kappa shape index (κ3) is 49.2. The molecule has 532 valence electrons. The number of hydrogen-bond acceptors (Lipinski definition) is 10. The van der Waals surface area contributed by atoms with Crippen LogP contribution >= 0.6 is 0 Å². The molecule has 1 heterocycles. The van der Waals surface area contributed by atoms with Crippen LogP contribution in [0, 0.1) is 0 Å². The number of ether oxygens (including phenoxy) is 3. The number of fused-ring (bicyclic) bond motifs is 1. The fourth-order valence-electron chi connectivity index (χ4n) is 9.33. The van der Waals surface area contributed by atoms with Gasteiger partial charge >= 0.3 is 17.9 Å². The molecule has 0 saturated heterocycles. The Kier molecular flexibility index (Phi) is 62.4. The van der Waals surface area contributed by atoms with Crippen molar-refractivity contribution in [1.29, 1.82) is 0 Å². The number of nitrogens with zero attached hydrogens (tertiary/aromatic N) is 2. The van der Waals surface area contributed by atoms with Crippen LogP contribution in [0.2, 0.25) is 0 Å². The lowest BCUT2D eigenvalue weighted by Crippen LogP contribution is -2.45. The molecule has 0 fully saturated rings. The molecule has 3 atom stereocenters. The number of likely N-dealkylation sites (N-methyl/N-ethyl adjacent to an activating group) is 2. The standard InChI is InChI=1S/C32H39NO4.C28H45NO2.C26H41NO2/c1-3-5-6-7-8-9-10-11-12-13-14-15-16-17-18-19-20-21-26-29(32(36)37-4-2)33-30(34)27-24-22-23-25-28(27)31(33)35;1-5-9-10-11-12-13-14-15-16-17-18-19-20-21-22-23-24-25-26-27(28(30)31-8-4)29(6-2)7-3;1-4-7-8-9-10-11-12-13-14-15-16-17-18-19-20-21-22-23-24-25(27-5-2)26(28)29-6-3/h5-6,8-9,11-12,14-15,17-18,20-25,29H,3-4,7,10,13,16,19,26H2,1-2H3;9-10,12-13,15-16,18-19,21-22,24-25,27H,5-8,11,14,17,20,23,26H2,1-4H3;7-8,10-11,13-14,16-17,19-20,22-23,25,27H,4-6,9,12,15,18,21,24H2,1-3H3/b6-5-,9-8-,12-11-,15-14-,18-17-,21-20-;10-9-,13-12-,16-15-,19-18-,22-21-,25-24-;8-7-,11-10-,14-13-,17-16-,20-19-,23-22-. The zero-order chi connectivity index (χ0) is 71.1. The van der Waals surface area contributed by atoms with Crippen molar-refractivity contribution in [1.82, 2.24) is 15.1 Å². The van der Waals surface area contributed by atoms with Crippen LogP contribution in [0.3, 0.4) is 0 Å². The summed E-state index contributed by atoms with van der Waals surface area (Å²) < 4.78 is 15.5. The highest BCUT2D eigenvalue weighted by Gasteiger charge is 2.42.